The van der Waals surface area contributed by atoms with Crippen molar-refractivity contribution in [1.29, 1.82) is 0 Å². The summed E-state index contributed by atoms with van der Waals surface area (Å²) < 4.78 is 44.0. The smallest absolute Gasteiger partial charge is 0.416 e. The number of benzene rings is 1. The summed E-state index contributed by atoms with van der Waals surface area (Å²) in [6.07, 6.45) is -3.50. The van der Waals surface area contributed by atoms with Gasteiger partial charge >= 0.3 is 6.18 Å². The molecule has 0 atom stereocenters. The Morgan fingerprint density at radius 2 is 1.95 bits per heavy atom. The maximum Gasteiger partial charge on any atom is 0.416 e. The van der Waals surface area contributed by atoms with E-state index in [9.17, 15) is 13.2 Å². The lowest BCUT2D eigenvalue weighted by molar-refractivity contribution is -0.137. The molecule has 0 spiro atoms. The van der Waals surface area contributed by atoms with Gasteiger partial charge in [0.05, 0.1) is 12.7 Å². The molecule has 0 N–H and O–H groups in total. The summed E-state index contributed by atoms with van der Waals surface area (Å²) in [6, 6.07) is 3.89. The molecule has 0 radical (unpaired) electrons. The summed E-state index contributed by atoms with van der Waals surface area (Å²) in [5.74, 6) is 0.425. The molecule has 104 valence electrons. The van der Waals surface area contributed by atoms with Crippen LogP contribution in [0.5, 0.6) is 5.06 Å². The molecule has 0 fully saturated rings. The Labute approximate surface area is 114 Å². The number of thiophene rings is 1. The van der Waals surface area contributed by atoms with Crippen LogP contribution in [0.4, 0.5) is 13.2 Å². The molecule has 1 aromatic carbocycles. The summed E-state index contributed by atoms with van der Waals surface area (Å²) in [6.45, 7) is 4.15. The van der Waals surface area contributed by atoms with Gasteiger partial charge in [-0.3, -0.25) is 0 Å². The van der Waals surface area contributed by atoms with E-state index in [4.69, 9.17) is 4.74 Å². The van der Waals surface area contributed by atoms with Crippen LogP contribution in [0.2, 0.25) is 0 Å². The fourth-order valence-corrected chi connectivity index (χ4v) is 3.16. The van der Waals surface area contributed by atoms with Crippen LogP contribution in [0, 0.1) is 5.92 Å². The third kappa shape index (κ3) is 2.86. The molecule has 1 aromatic heterocycles. The number of ether oxygens (including phenoxy) is 1. The number of rotatable bonds is 3. The van der Waals surface area contributed by atoms with Crippen LogP contribution < -0.4 is 4.74 Å². The topological polar surface area (TPSA) is 9.23 Å². The van der Waals surface area contributed by atoms with Crippen molar-refractivity contribution in [2.45, 2.75) is 26.4 Å². The Morgan fingerprint density at radius 1 is 1.26 bits per heavy atom. The Morgan fingerprint density at radius 3 is 2.47 bits per heavy atom. The zero-order valence-corrected chi connectivity index (χ0v) is 11.8. The Balaban J connectivity index is 2.57. The van der Waals surface area contributed by atoms with Crippen molar-refractivity contribution >= 4 is 21.4 Å². The van der Waals surface area contributed by atoms with Crippen LogP contribution in [-0.2, 0) is 12.6 Å². The zero-order valence-electron chi connectivity index (χ0n) is 11.0. The van der Waals surface area contributed by atoms with Gasteiger partial charge in [0, 0.05) is 10.3 Å². The molecule has 0 bridgehead atoms. The number of halogens is 3. The lowest BCUT2D eigenvalue weighted by Crippen LogP contribution is -2.04. The molecule has 5 heteroatoms. The number of methoxy groups -OCH3 is 1. The van der Waals surface area contributed by atoms with E-state index in [1.165, 1.54) is 17.4 Å². The van der Waals surface area contributed by atoms with E-state index in [-0.39, 0.29) is 0 Å². The van der Waals surface area contributed by atoms with Gasteiger partial charge in [-0.1, -0.05) is 31.3 Å². The van der Waals surface area contributed by atoms with E-state index in [1.54, 1.807) is 13.2 Å². The van der Waals surface area contributed by atoms with Crippen molar-refractivity contribution in [3.8, 4) is 5.06 Å². The molecule has 1 nitrogen and oxygen atoms in total. The normalized spacial score (nSPS) is 12.4. The van der Waals surface area contributed by atoms with Gasteiger partial charge in [-0.15, -0.1) is 0 Å². The standard InChI is InChI=1S/C14H15F3OS/c1-8(2)6-11-10-5-4-9(14(15,16)17)7-12(10)19-13(11)18-3/h4-5,7-8H,6H2,1-3H3. The highest BCUT2D eigenvalue weighted by Gasteiger charge is 2.31. The number of alkyl halides is 3. The second-order valence-corrected chi connectivity index (χ2v) is 5.89. The van der Waals surface area contributed by atoms with Crippen molar-refractivity contribution in [3.63, 3.8) is 0 Å². The molecule has 2 rings (SSSR count). The van der Waals surface area contributed by atoms with Gasteiger partial charge in [0.2, 0.25) is 0 Å². The third-order valence-corrected chi connectivity index (χ3v) is 4.04. The molecule has 0 unspecified atom stereocenters. The van der Waals surface area contributed by atoms with Crippen molar-refractivity contribution in [2.24, 2.45) is 5.92 Å². The lowest BCUT2D eigenvalue weighted by Gasteiger charge is -2.08. The molecule has 2 aromatic rings. The summed E-state index contributed by atoms with van der Waals surface area (Å²) in [5.41, 5.74) is 0.395. The molecule has 0 saturated carbocycles. The van der Waals surface area contributed by atoms with Crippen LogP contribution in [0.15, 0.2) is 18.2 Å². The predicted molar refractivity (Wildman–Crippen MR) is 71.9 cm³/mol. The van der Waals surface area contributed by atoms with E-state index in [0.717, 1.165) is 23.4 Å². The van der Waals surface area contributed by atoms with Crippen molar-refractivity contribution in [1.82, 2.24) is 0 Å². The number of hydrogen-bond donors (Lipinski definition) is 0. The van der Waals surface area contributed by atoms with Gasteiger partial charge in [-0.05, 0) is 29.9 Å². The molecule has 0 aliphatic heterocycles. The average Bonchev–Trinajstić information content (AvgIpc) is 2.65. The van der Waals surface area contributed by atoms with Gasteiger partial charge in [-0.25, -0.2) is 0 Å². The highest BCUT2D eigenvalue weighted by molar-refractivity contribution is 7.21. The summed E-state index contributed by atoms with van der Waals surface area (Å²) in [4.78, 5) is 0. The van der Waals surface area contributed by atoms with Crippen LogP contribution >= 0.6 is 11.3 Å². The second kappa shape index (κ2) is 5.04. The highest BCUT2D eigenvalue weighted by Crippen LogP contribution is 2.41. The number of fused-ring (bicyclic) bond motifs is 1. The lowest BCUT2D eigenvalue weighted by atomic mass is 10.0. The molecule has 0 aliphatic carbocycles. The monoisotopic (exact) mass is 288 g/mol. The average molecular weight is 288 g/mol. The summed E-state index contributed by atoms with van der Waals surface area (Å²) >= 11 is 1.27. The fraction of sp³-hybridized carbons (Fsp3) is 0.429. The predicted octanol–water partition coefficient (Wildman–Crippen LogP) is 5.13. The minimum absolute atomic E-state index is 0.425. The highest BCUT2D eigenvalue weighted by atomic mass is 32.1. The van der Waals surface area contributed by atoms with Gasteiger partial charge in [0.15, 0.2) is 5.06 Å². The van der Waals surface area contributed by atoms with Crippen LogP contribution in [0.3, 0.4) is 0 Å². The van der Waals surface area contributed by atoms with Crippen LogP contribution in [0.1, 0.15) is 25.0 Å². The molecule has 0 aliphatic rings. The molecule has 1 heterocycles. The van der Waals surface area contributed by atoms with Crippen molar-refractivity contribution in [3.05, 3.63) is 29.3 Å². The first kappa shape index (κ1) is 14.2. The Hall–Kier alpha value is -1.23. The molecule has 0 amide bonds. The van der Waals surface area contributed by atoms with E-state index in [1.807, 2.05) is 0 Å². The van der Waals surface area contributed by atoms with Crippen molar-refractivity contribution < 1.29 is 17.9 Å². The minimum Gasteiger partial charge on any atom is -0.487 e. The maximum absolute atomic E-state index is 12.7. The molecule has 19 heavy (non-hydrogen) atoms. The van der Waals surface area contributed by atoms with Crippen LogP contribution in [-0.4, -0.2) is 7.11 Å². The van der Waals surface area contributed by atoms with Gasteiger partial charge in [0.1, 0.15) is 0 Å². The van der Waals surface area contributed by atoms with E-state index < -0.39 is 11.7 Å². The second-order valence-electron chi connectivity index (χ2n) is 4.88. The minimum atomic E-state index is -4.30. The van der Waals surface area contributed by atoms with E-state index in [0.29, 0.717) is 15.7 Å². The largest absolute Gasteiger partial charge is 0.487 e. The first-order chi connectivity index (χ1) is 8.82. The van der Waals surface area contributed by atoms with E-state index in [2.05, 4.69) is 13.8 Å². The molecule has 0 saturated heterocycles. The quantitative estimate of drug-likeness (QED) is 0.761. The Kier molecular flexibility index (Phi) is 3.76. The SMILES string of the molecule is COc1sc2cc(C(F)(F)F)ccc2c1CC(C)C. The van der Waals surface area contributed by atoms with Gasteiger partial charge in [-0.2, -0.15) is 13.2 Å². The maximum atomic E-state index is 12.7. The first-order valence-electron chi connectivity index (χ1n) is 5.99. The molecular weight excluding hydrogens is 273 g/mol. The van der Waals surface area contributed by atoms with Crippen LogP contribution in [0.25, 0.3) is 10.1 Å². The fourth-order valence-electron chi connectivity index (χ4n) is 2.07. The first-order valence-corrected chi connectivity index (χ1v) is 6.81. The van der Waals surface area contributed by atoms with E-state index >= 15 is 0 Å². The van der Waals surface area contributed by atoms with Gasteiger partial charge < -0.3 is 4.74 Å². The Bertz CT molecular complexity index is 584. The summed E-state index contributed by atoms with van der Waals surface area (Å²) in [5, 5.41) is 1.58. The number of hydrogen-bond acceptors (Lipinski definition) is 2. The van der Waals surface area contributed by atoms with Crippen molar-refractivity contribution in [2.75, 3.05) is 7.11 Å². The van der Waals surface area contributed by atoms with Gasteiger partial charge in [0.25, 0.3) is 0 Å². The third-order valence-electron chi connectivity index (χ3n) is 2.88. The molecular formula is C14H15F3OS. The zero-order chi connectivity index (χ0) is 14.2. The summed E-state index contributed by atoms with van der Waals surface area (Å²) in [7, 11) is 1.55.